The molecule has 0 saturated carbocycles. The summed E-state index contributed by atoms with van der Waals surface area (Å²) in [4.78, 5) is 0. The van der Waals surface area contributed by atoms with Crippen LogP contribution in [0.4, 0.5) is 0 Å². The van der Waals surface area contributed by atoms with Crippen molar-refractivity contribution in [2.24, 2.45) is 5.92 Å². The Morgan fingerprint density at radius 3 is 2.09 bits per heavy atom. The molecule has 0 aromatic rings. The van der Waals surface area contributed by atoms with E-state index in [9.17, 15) is 0 Å². The smallest absolute Gasteiger partial charge is 0.310 e. The Morgan fingerprint density at radius 2 is 1.61 bits per heavy atom. The van der Waals surface area contributed by atoms with E-state index in [2.05, 4.69) is 6.92 Å². The van der Waals surface area contributed by atoms with Crippen LogP contribution >= 0.6 is 0 Å². The van der Waals surface area contributed by atoms with Gasteiger partial charge in [-0.2, -0.15) is 0 Å². The molecule has 5 heteroatoms. The van der Waals surface area contributed by atoms with E-state index in [-0.39, 0.29) is 6.10 Å². The quantitative estimate of drug-likeness (QED) is 0.260. The van der Waals surface area contributed by atoms with Gasteiger partial charge < -0.3 is 23.7 Å². The summed E-state index contributed by atoms with van der Waals surface area (Å²) < 4.78 is 28.2. The molecule has 3 unspecified atom stereocenters. The molecule has 23 heavy (non-hydrogen) atoms. The average molecular weight is 332 g/mol. The van der Waals surface area contributed by atoms with E-state index in [0.717, 1.165) is 19.4 Å². The highest BCUT2D eigenvalue weighted by Gasteiger charge is 2.47. The third-order valence-corrected chi connectivity index (χ3v) is 4.62. The van der Waals surface area contributed by atoms with Crippen molar-refractivity contribution >= 4 is 0 Å². The average Bonchev–Trinajstić information content (AvgIpc) is 3.39. The number of unbranched alkanes of at least 4 members (excludes halogenated alkanes) is 4. The van der Waals surface area contributed by atoms with Crippen molar-refractivity contribution in [3.63, 3.8) is 0 Å². The SMILES string of the molecule is CCCCCCCC(CC1CO1)C(OCC)C(OC)(OC)OC. The third-order valence-electron chi connectivity index (χ3n) is 4.62. The number of epoxide rings is 1. The Bertz CT molecular complexity index is 281. The van der Waals surface area contributed by atoms with Crippen molar-refractivity contribution in [2.45, 2.75) is 77.0 Å². The first-order valence-electron chi connectivity index (χ1n) is 9.06. The molecule has 0 aromatic carbocycles. The van der Waals surface area contributed by atoms with E-state index in [0.29, 0.717) is 18.6 Å². The summed E-state index contributed by atoms with van der Waals surface area (Å²) >= 11 is 0. The van der Waals surface area contributed by atoms with Crippen LogP contribution in [0.1, 0.15) is 58.8 Å². The molecular formula is C18H36O5. The summed E-state index contributed by atoms with van der Waals surface area (Å²) in [6, 6.07) is 0. The van der Waals surface area contributed by atoms with Gasteiger partial charge in [0.15, 0.2) is 0 Å². The Hall–Kier alpha value is -0.200. The molecule has 138 valence electrons. The van der Waals surface area contributed by atoms with Gasteiger partial charge >= 0.3 is 5.97 Å². The van der Waals surface area contributed by atoms with Gasteiger partial charge in [0.25, 0.3) is 0 Å². The van der Waals surface area contributed by atoms with Gasteiger partial charge in [0, 0.05) is 27.9 Å². The molecule has 1 heterocycles. The number of hydrogen-bond acceptors (Lipinski definition) is 5. The topological polar surface area (TPSA) is 49.5 Å². The van der Waals surface area contributed by atoms with Crippen molar-refractivity contribution < 1.29 is 23.7 Å². The molecule has 1 aliphatic heterocycles. The molecule has 0 bridgehead atoms. The molecule has 0 amide bonds. The van der Waals surface area contributed by atoms with Gasteiger partial charge in [-0.25, -0.2) is 0 Å². The van der Waals surface area contributed by atoms with Gasteiger partial charge in [-0.05, 0) is 25.7 Å². The summed E-state index contributed by atoms with van der Waals surface area (Å²) in [6.45, 7) is 5.68. The maximum atomic E-state index is 6.02. The summed E-state index contributed by atoms with van der Waals surface area (Å²) in [5.74, 6) is -0.858. The maximum absolute atomic E-state index is 6.02. The van der Waals surface area contributed by atoms with Crippen LogP contribution in [0, 0.1) is 5.92 Å². The molecule has 1 saturated heterocycles. The second kappa shape index (κ2) is 11.4. The van der Waals surface area contributed by atoms with Crippen LogP contribution in [0.5, 0.6) is 0 Å². The van der Waals surface area contributed by atoms with Crippen LogP contribution in [0.25, 0.3) is 0 Å². The van der Waals surface area contributed by atoms with Crippen LogP contribution in [0.2, 0.25) is 0 Å². The first-order chi connectivity index (χ1) is 11.2. The van der Waals surface area contributed by atoms with Gasteiger partial charge in [0.05, 0.1) is 12.7 Å². The van der Waals surface area contributed by atoms with Gasteiger partial charge in [0.2, 0.25) is 0 Å². The fourth-order valence-electron chi connectivity index (χ4n) is 3.25. The molecule has 1 rings (SSSR count). The normalized spacial score (nSPS) is 20.5. The lowest BCUT2D eigenvalue weighted by Crippen LogP contribution is -2.53. The molecule has 0 aromatic heterocycles. The summed E-state index contributed by atoms with van der Waals surface area (Å²) in [6.07, 6.45) is 8.45. The first kappa shape index (κ1) is 20.8. The predicted octanol–water partition coefficient (Wildman–Crippen LogP) is 3.75. The Morgan fingerprint density at radius 1 is 1.00 bits per heavy atom. The maximum Gasteiger partial charge on any atom is 0.310 e. The van der Waals surface area contributed by atoms with Crippen molar-refractivity contribution in [1.29, 1.82) is 0 Å². The van der Waals surface area contributed by atoms with Crippen molar-refractivity contribution in [3.8, 4) is 0 Å². The molecule has 0 spiro atoms. The number of rotatable bonds is 15. The minimum Gasteiger partial charge on any atom is -0.373 e. The van der Waals surface area contributed by atoms with Gasteiger partial charge in [0.1, 0.15) is 6.10 Å². The van der Waals surface area contributed by atoms with Gasteiger partial charge in [-0.15, -0.1) is 0 Å². The fraction of sp³-hybridized carbons (Fsp3) is 1.00. The lowest BCUT2D eigenvalue weighted by Gasteiger charge is -2.40. The molecule has 1 aliphatic rings. The summed E-state index contributed by atoms with van der Waals surface area (Å²) in [5.41, 5.74) is 0. The molecule has 1 fully saturated rings. The Labute approximate surface area is 142 Å². The van der Waals surface area contributed by atoms with Crippen LogP contribution in [-0.2, 0) is 23.7 Å². The molecular weight excluding hydrogens is 296 g/mol. The molecule has 3 atom stereocenters. The third kappa shape index (κ3) is 6.67. The standard InChI is InChI=1S/C18H36O5/c1-6-8-9-10-11-12-15(13-16-14-23-16)17(22-7-2)18(19-3,20-4)21-5/h15-17H,6-14H2,1-5H3. The second-order valence-corrected chi connectivity index (χ2v) is 6.25. The van der Waals surface area contributed by atoms with E-state index in [1.165, 1.54) is 32.1 Å². The Balaban J connectivity index is 2.71. The van der Waals surface area contributed by atoms with Crippen LogP contribution in [-0.4, -0.2) is 52.7 Å². The zero-order valence-corrected chi connectivity index (χ0v) is 15.6. The van der Waals surface area contributed by atoms with Crippen LogP contribution < -0.4 is 0 Å². The minimum atomic E-state index is -1.15. The fourth-order valence-corrected chi connectivity index (χ4v) is 3.25. The Kier molecular flexibility index (Phi) is 10.3. The van der Waals surface area contributed by atoms with E-state index >= 15 is 0 Å². The molecule has 0 aliphatic carbocycles. The van der Waals surface area contributed by atoms with Gasteiger partial charge in [-0.1, -0.05) is 39.0 Å². The van der Waals surface area contributed by atoms with Crippen LogP contribution in [0.15, 0.2) is 0 Å². The zero-order valence-electron chi connectivity index (χ0n) is 15.6. The monoisotopic (exact) mass is 332 g/mol. The number of methoxy groups -OCH3 is 3. The highest BCUT2D eigenvalue weighted by molar-refractivity contribution is 4.85. The van der Waals surface area contributed by atoms with E-state index in [4.69, 9.17) is 23.7 Å². The summed E-state index contributed by atoms with van der Waals surface area (Å²) in [7, 11) is 4.81. The summed E-state index contributed by atoms with van der Waals surface area (Å²) in [5, 5.41) is 0. The van der Waals surface area contributed by atoms with Crippen molar-refractivity contribution in [3.05, 3.63) is 0 Å². The lowest BCUT2D eigenvalue weighted by molar-refractivity contribution is -0.401. The van der Waals surface area contributed by atoms with E-state index in [1.54, 1.807) is 21.3 Å². The van der Waals surface area contributed by atoms with Gasteiger partial charge in [-0.3, -0.25) is 0 Å². The molecule has 5 nitrogen and oxygen atoms in total. The second-order valence-electron chi connectivity index (χ2n) is 6.25. The van der Waals surface area contributed by atoms with E-state index in [1.807, 2.05) is 6.92 Å². The largest absolute Gasteiger partial charge is 0.373 e. The van der Waals surface area contributed by atoms with E-state index < -0.39 is 5.97 Å². The predicted molar refractivity (Wildman–Crippen MR) is 90.4 cm³/mol. The first-order valence-corrected chi connectivity index (χ1v) is 9.06. The minimum absolute atomic E-state index is 0.261. The molecule has 0 N–H and O–H groups in total. The number of hydrogen-bond donors (Lipinski definition) is 0. The highest BCUT2D eigenvalue weighted by Crippen LogP contribution is 2.35. The van der Waals surface area contributed by atoms with Crippen molar-refractivity contribution in [2.75, 3.05) is 34.5 Å². The van der Waals surface area contributed by atoms with Crippen LogP contribution in [0.3, 0.4) is 0 Å². The zero-order chi connectivity index (χ0) is 17.1. The lowest BCUT2D eigenvalue weighted by atomic mass is 9.89. The molecule has 0 radical (unpaired) electrons. The highest BCUT2D eigenvalue weighted by atomic mass is 16.9. The van der Waals surface area contributed by atoms with Crippen molar-refractivity contribution in [1.82, 2.24) is 0 Å². The number of ether oxygens (including phenoxy) is 5.